The quantitative estimate of drug-likeness (QED) is 0.658. The van der Waals surface area contributed by atoms with Crippen LogP contribution < -0.4 is 0 Å². The Morgan fingerprint density at radius 3 is 3.08 bits per heavy atom. The van der Waals surface area contributed by atoms with E-state index >= 15 is 0 Å². The molecule has 1 rings (SSSR count). The normalized spacial score (nSPS) is 9.50. The summed E-state index contributed by atoms with van der Waals surface area (Å²) in [5.74, 6) is -0.389. The van der Waals surface area contributed by atoms with E-state index in [4.69, 9.17) is 16.3 Å². The second kappa shape index (κ2) is 4.12. The predicted molar refractivity (Wildman–Crippen MR) is 46.2 cm³/mol. The van der Waals surface area contributed by atoms with Crippen molar-refractivity contribution in [3.8, 4) is 0 Å². The van der Waals surface area contributed by atoms with E-state index in [0.717, 1.165) is 0 Å². The van der Waals surface area contributed by atoms with Crippen molar-refractivity contribution in [2.45, 2.75) is 6.92 Å². The molecule has 0 amide bonds. The zero-order chi connectivity index (χ0) is 8.97. The van der Waals surface area contributed by atoms with Crippen LogP contribution in [-0.2, 0) is 4.74 Å². The standard InChI is InChI=1S/C9H8ClO2/c1-2-12-9(11)7-4-3-5-8(10)6-7/h3,5-6H,2H2,1H3. The molecule has 0 N–H and O–H groups in total. The molecule has 0 bridgehead atoms. The number of carbonyl (C=O) groups is 1. The minimum Gasteiger partial charge on any atom is -0.462 e. The molecule has 0 atom stereocenters. The fourth-order valence-corrected chi connectivity index (χ4v) is 0.938. The van der Waals surface area contributed by atoms with E-state index < -0.39 is 0 Å². The highest BCUT2D eigenvalue weighted by Gasteiger charge is 2.05. The van der Waals surface area contributed by atoms with Gasteiger partial charge in [-0.15, -0.1) is 0 Å². The summed E-state index contributed by atoms with van der Waals surface area (Å²) in [7, 11) is 0. The number of rotatable bonds is 2. The van der Waals surface area contributed by atoms with Gasteiger partial charge in [0, 0.05) is 5.02 Å². The van der Waals surface area contributed by atoms with Gasteiger partial charge in [0.2, 0.25) is 0 Å². The molecule has 0 heterocycles. The van der Waals surface area contributed by atoms with Crippen molar-refractivity contribution in [1.29, 1.82) is 0 Å². The van der Waals surface area contributed by atoms with Crippen LogP contribution in [0.5, 0.6) is 0 Å². The van der Waals surface area contributed by atoms with Crippen molar-refractivity contribution in [1.82, 2.24) is 0 Å². The van der Waals surface area contributed by atoms with Crippen LogP contribution in [0.2, 0.25) is 5.02 Å². The van der Waals surface area contributed by atoms with E-state index in [1.807, 2.05) is 0 Å². The molecule has 63 valence electrons. The molecule has 0 aliphatic rings. The lowest BCUT2D eigenvalue weighted by atomic mass is 10.2. The van der Waals surface area contributed by atoms with Gasteiger partial charge in [0.05, 0.1) is 12.2 Å². The Hall–Kier alpha value is -1.02. The van der Waals surface area contributed by atoms with Gasteiger partial charge in [-0.05, 0) is 25.1 Å². The molecule has 3 heteroatoms. The summed E-state index contributed by atoms with van der Waals surface area (Å²) in [6, 6.07) is 7.51. The minimum atomic E-state index is -0.389. The van der Waals surface area contributed by atoms with Crippen LogP contribution in [-0.4, -0.2) is 12.6 Å². The molecule has 2 nitrogen and oxygen atoms in total. The number of esters is 1. The van der Waals surface area contributed by atoms with Crippen LogP contribution in [0.3, 0.4) is 0 Å². The maximum absolute atomic E-state index is 11.1. The molecule has 0 aliphatic carbocycles. The number of ether oxygens (including phenoxy) is 1. The third-order valence-electron chi connectivity index (χ3n) is 1.26. The largest absolute Gasteiger partial charge is 0.462 e. The van der Waals surface area contributed by atoms with Gasteiger partial charge in [-0.25, -0.2) is 4.79 Å². The van der Waals surface area contributed by atoms with E-state index in [2.05, 4.69) is 6.07 Å². The Bertz CT molecular complexity index is 284. The van der Waals surface area contributed by atoms with Gasteiger partial charge in [-0.3, -0.25) is 0 Å². The van der Waals surface area contributed by atoms with Gasteiger partial charge >= 0.3 is 5.97 Å². The van der Waals surface area contributed by atoms with Crippen molar-refractivity contribution in [2.75, 3.05) is 6.61 Å². The third kappa shape index (κ3) is 2.24. The number of hydrogen-bond acceptors (Lipinski definition) is 2. The average Bonchev–Trinajstić information content (AvgIpc) is 2.05. The van der Waals surface area contributed by atoms with E-state index in [9.17, 15) is 4.79 Å². The summed E-state index contributed by atoms with van der Waals surface area (Å²) in [6.07, 6.45) is 0. The van der Waals surface area contributed by atoms with E-state index in [1.165, 1.54) is 6.07 Å². The smallest absolute Gasteiger partial charge is 0.338 e. The Balaban J connectivity index is 2.81. The minimum absolute atomic E-state index is 0.360. The molecule has 0 unspecified atom stereocenters. The van der Waals surface area contributed by atoms with Gasteiger partial charge in [0.15, 0.2) is 0 Å². The van der Waals surface area contributed by atoms with Crippen molar-refractivity contribution < 1.29 is 9.53 Å². The molecule has 0 fully saturated rings. The van der Waals surface area contributed by atoms with Crippen molar-refractivity contribution in [2.24, 2.45) is 0 Å². The third-order valence-corrected chi connectivity index (χ3v) is 1.49. The lowest BCUT2D eigenvalue weighted by Crippen LogP contribution is -2.04. The fraction of sp³-hybridized carbons (Fsp3) is 0.222. The molecule has 0 aromatic heterocycles. The number of benzene rings is 1. The SMILES string of the molecule is CCOC(=O)c1[c]ccc(Cl)c1. The molecule has 12 heavy (non-hydrogen) atoms. The first-order valence-corrected chi connectivity index (χ1v) is 3.96. The van der Waals surface area contributed by atoms with Crippen LogP contribution in [0.15, 0.2) is 18.2 Å². The number of hydrogen-bond donors (Lipinski definition) is 0. The summed E-state index contributed by atoms with van der Waals surface area (Å²) >= 11 is 5.66. The van der Waals surface area contributed by atoms with Crippen molar-refractivity contribution in [3.63, 3.8) is 0 Å². The van der Waals surface area contributed by atoms with Crippen LogP contribution >= 0.6 is 11.6 Å². The molecule has 0 spiro atoms. The van der Waals surface area contributed by atoms with Crippen LogP contribution in [0, 0.1) is 6.07 Å². The van der Waals surface area contributed by atoms with E-state index in [0.29, 0.717) is 17.2 Å². The highest BCUT2D eigenvalue weighted by atomic mass is 35.5. The Morgan fingerprint density at radius 1 is 1.75 bits per heavy atom. The predicted octanol–water partition coefficient (Wildman–Crippen LogP) is 2.32. The first kappa shape index (κ1) is 9.07. The summed E-state index contributed by atoms with van der Waals surface area (Å²) in [5.41, 5.74) is 0.365. The van der Waals surface area contributed by atoms with Crippen molar-refractivity contribution in [3.05, 3.63) is 34.9 Å². The lowest BCUT2D eigenvalue weighted by molar-refractivity contribution is 0.0526. The first-order valence-electron chi connectivity index (χ1n) is 3.58. The summed E-state index contributed by atoms with van der Waals surface area (Å²) < 4.78 is 4.75. The Morgan fingerprint density at radius 2 is 2.50 bits per heavy atom. The van der Waals surface area contributed by atoms with Gasteiger partial charge in [-0.1, -0.05) is 17.7 Å². The van der Waals surface area contributed by atoms with Gasteiger partial charge in [-0.2, -0.15) is 0 Å². The van der Waals surface area contributed by atoms with Gasteiger partial charge in [0.25, 0.3) is 0 Å². The number of carbonyl (C=O) groups excluding carboxylic acids is 1. The molecule has 1 aromatic carbocycles. The highest BCUT2D eigenvalue weighted by molar-refractivity contribution is 6.30. The van der Waals surface area contributed by atoms with E-state index in [1.54, 1.807) is 19.1 Å². The van der Waals surface area contributed by atoms with Crippen LogP contribution in [0.25, 0.3) is 0 Å². The maximum atomic E-state index is 11.1. The summed E-state index contributed by atoms with van der Waals surface area (Å²) in [5, 5.41) is 0.511. The van der Waals surface area contributed by atoms with E-state index in [-0.39, 0.29) is 5.97 Å². The molecule has 1 radical (unpaired) electrons. The molecular formula is C9H8ClO2. The summed E-state index contributed by atoms with van der Waals surface area (Å²) in [4.78, 5) is 11.1. The summed E-state index contributed by atoms with van der Waals surface area (Å²) in [6.45, 7) is 2.11. The monoisotopic (exact) mass is 183 g/mol. The Kier molecular flexibility index (Phi) is 3.11. The first-order chi connectivity index (χ1) is 5.74. The van der Waals surface area contributed by atoms with Gasteiger partial charge < -0.3 is 4.74 Å². The molecular weight excluding hydrogens is 176 g/mol. The fourth-order valence-electron chi connectivity index (χ4n) is 0.765. The Labute approximate surface area is 76.1 Å². The zero-order valence-corrected chi connectivity index (χ0v) is 7.39. The lowest BCUT2D eigenvalue weighted by Gasteiger charge is -2.00. The molecule has 1 aromatic rings. The zero-order valence-electron chi connectivity index (χ0n) is 6.63. The maximum Gasteiger partial charge on any atom is 0.338 e. The van der Waals surface area contributed by atoms with Gasteiger partial charge in [0.1, 0.15) is 0 Å². The van der Waals surface area contributed by atoms with Crippen molar-refractivity contribution >= 4 is 17.6 Å². The van der Waals surface area contributed by atoms with Crippen LogP contribution in [0.4, 0.5) is 0 Å². The average molecular weight is 184 g/mol. The molecule has 0 aliphatic heterocycles. The highest BCUT2D eigenvalue weighted by Crippen LogP contribution is 2.10. The number of halogens is 1. The second-order valence-electron chi connectivity index (χ2n) is 2.14. The second-order valence-corrected chi connectivity index (χ2v) is 2.58. The van der Waals surface area contributed by atoms with Crippen LogP contribution in [0.1, 0.15) is 17.3 Å². The molecule has 0 saturated carbocycles. The topological polar surface area (TPSA) is 26.3 Å². The molecule has 0 saturated heterocycles.